The molecule has 3 heterocycles. The number of benzene rings is 1. The van der Waals surface area contributed by atoms with E-state index in [1.807, 2.05) is 4.90 Å². The molecule has 2 saturated heterocycles. The number of hydrogen-bond acceptors (Lipinski definition) is 8. The molecule has 1 unspecified atom stereocenters. The molecule has 0 aliphatic carbocycles. The maximum Gasteiger partial charge on any atom is 0.414 e. The van der Waals surface area contributed by atoms with Crippen LogP contribution in [-0.2, 0) is 9.47 Å². The summed E-state index contributed by atoms with van der Waals surface area (Å²) in [5.41, 5.74) is 0.899. The minimum absolute atomic E-state index is 0.117. The molecular weight excluding hydrogens is 397 g/mol. The number of halogens is 1. The number of hydrogen-bond donors (Lipinski definition) is 1. The first-order chi connectivity index (χ1) is 14.5. The van der Waals surface area contributed by atoms with Gasteiger partial charge in [-0.3, -0.25) is 4.90 Å². The summed E-state index contributed by atoms with van der Waals surface area (Å²) >= 11 is 0. The number of nitrogens with zero attached hydrogens (tertiary/aromatic N) is 6. The van der Waals surface area contributed by atoms with Crippen LogP contribution in [0.5, 0.6) is 0 Å². The number of alkyl carbamates (subject to hydrolysis) is 1. The zero-order valence-corrected chi connectivity index (χ0v) is 16.4. The SMILES string of the molecule is COC(=O)NCC1CN(c2ccc(N3CCC(n4cnnn4)CC3)c(F)c2)C(=O)O1. The van der Waals surface area contributed by atoms with E-state index < -0.39 is 24.1 Å². The van der Waals surface area contributed by atoms with Crippen LogP contribution in [0.4, 0.5) is 25.4 Å². The Bertz CT molecular complexity index is 902. The fourth-order valence-corrected chi connectivity index (χ4v) is 3.74. The van der Waals surface area contributed by atoms with E-state index in [0.29, 0.717) is 24.5 Å². The van der Waals surface area contributed by atoms with Crippen molar-refractivity contribution in [2.45, 2.75) is 25.0 Å². The smallest absolute Gasteiger partial charge is 0.414 e. The van der Waals surface area contributed by atoms with Crippen molar-refractivity contribution in [3.63, 3.8) is 0 Å². The van der Waals surface area contributed by atoms with Gasteiger partial charge in [-0.15, -0.1) is 5.10 Å². The predicted octanol–water partition coefficient (Wildman–Crippen LogP) is 1.33. The van der Waals surface area contributed by atoms with Gasteiger partial charge in [-0.25, -0.2) is 18.7 Å². The highest BCUT2D eigenvalue weighted by atomic mass is 19.1. The van der Waals surface area contributed by atoms with Crippen LogP contribution < -0.4 is 15.1 Å². The number of carbonyl (C=O) groups is 2. The summed E-state index contributed by atoms with van der Waals surface area (Å²) in [6.07, 6.45) is 1.48. The van der Waals surface area contributed by atoms with Crippen LogP contribution in [0.1, 0.15) is 18.9 Å². The molecule has 0 saturated carbocycles. The van der Waals surface area contributed by atoms with Gasteiger partial charge in [0.1, 0.15) is 18.2 Å². The van der Waals surface area contributed by atoms with E-state index in [1.165, 1.54) is 18.1 Å². The monoisotopic (exact) mass is 419 g/mol. The molecule has 2 aliphatic rings. The highest BCUT2D eigenvalue weighted by molar-refractivity contribution is 5.90. The van der Waals surface area contributed by atoms with Gasteiger partial charge >= 0.3 is 12.2 Å². The Kier molecular flexibility index (Phi) is 5.63. The largest absolute Gasteiger partial charge is 0.453 e. The minimum atomic E-state index is -0.608. The Balaban J connectivity index is 1.38. The quantitative estimate of drug-likeness (QED) is 0.772. The molecule has 2 amide bonds. The maximum absolute atomic E-state index is 14.9. The van der Waals surface area contributed by atoms with Gasteiger partial charge in [0.2, 0.25) is 0 Å². The van der Waals surface area contributed by atoms with Crippen molar-refractivity contribution < 1.29 is 23.5 Å². The second-order valence-corrected chi connectivity index (χ2v) is 7.13. The topological polar surface area (TPSA) is 115 Å². The molecule has 1 N–H and O–H groups in total. The average molecular weight is 419 g/mol. The number of aromatic nitrogens is 4. The number of nitrogens with one attached hydrogen (secondary N) is 1. The molecule has 1 atom stereocenters. The van der Waals surface area contributed by atoms with Crippen molar-refractivity contribution in [2.75, 3.05) is 43.1 Å². The van der Waals surface area contributed by atoms with Crippen LogP contribution in [0, 0.1) is 5.82 Å². The average Bonchev–Trinajstić information content (AvgIpc) is 3.42. The van der Waals surface area contributed by atoms with Gasteiger partial charge in [-0.05, 0) is 41.5 Å². The first-order valence-electron chi connectivity index (χ1n) is 9.62. The summed E-state index contributed by atoms with van der Waals surface area (Å²) < 4.78 is 26.3. The van der Waals surface area contributed by atoms with E-state index in [9.17, 15) is 14.0 Å². The predicted molar refractivity (Wildman–Crippen MR) is 103 cm³/mol. The number of rotatable bonds is 5. The number of piperidine rings is 1. The Morgan fingerprint density at radius 1 is 1.37 bits per heavy atom. The lowest BCUT2D eigenvalue weighted by atomic mass is 10.0. The third-order valence-electron chi connectivity index (χ3n) is 5.32. The molecule has 0 radical (unpaired) electrons. The molecule has 2 aromatic rings. The minimum Gasteiger partial charge on any atom is -0.453 e. The Morgan fingerprint density at radius 3 is 2.83 bits per heavy atom. The first-order valence-corrected chi connectivity index (χ1v) is 9.62. The highest BCUT2D eigenvalue weighted by Crippen LogP contribution is 2.31. The van der Waals surface area contributed by atoms with Gasteiger partial charge in [0.25, 0.3) is 0 Å². The number of tetrazole rings is 1. The van der Waals surface area contributed by atoms with Gasteiger partial charge < -0.3 is 19.7 Å². The van der Waals surface area contributed by atoms with Crippen LogP contribution in [0.3, 0.4) is 0 Å². The van der Waals surface area contributed by atoms with Crippen LogP contribution in [0.15, 0.2) is 24.5 Å². The molecule has 0 bridgehead atoms. The normalized spacial score (nSPS) is 19.7. The van der Waals surface area contributed by atoms with Crippen molar-refractivity contribution >= 4 is 23.6 Å². The third kappa shape index (κ3) is 4.11. The van der Waals surface area contributed by atoms with E-state index >= 15 is 0 Å². The van der Waals surface area contributed by atoms with E-state index in [4.69, 9.17) is 4.74 Å². The molecule has 0 spiro atoms. The zero-order chi connectivity index (χ0) is 21.1. The van der Waals surface area contributed by atoms with Crippen LogP contribution in [0.2, 0.25) is 0 Å². The molecule has 11 nitrogen and oxygen atoms in total. The summed E-state index contributed by atoms with van der Waals surface area (Å²) in [4.78, 5) is 26.6. The van der Waals surface area contributed by atoms with Crippen molar-refractivity contribution in [3.8, 4) is 0 Å². The summed E-state index contributed by atoms with van der Waals surface area (Å²) in [5.74, 6) is -0.405. The van der Waals surface area contributed by atoms with Gasteiger partial charge in [0, 0.05) is 13.1 Å². The van der Waals surface area contributed by atoms with Crippen molar-refractivity contribution in [2.24, 2.45) is 0 Å². The molecule has 30 heavy (non-hydrogen) atoms. The molecule has 1 aromatic heterocycles. The van der Waals surface area contributed by atoms with Gasteiger partial charge in [0.15, 0.2) is 0 Å². The van der Waals surface area contributed by atoms with E-state index in [0.717, 1.165) is 12.8 Å². The maximum atomic E-state index is 14.9. The molecule has 12 heteroatoms. The Hall–Kier alpha value is -3.44. The fraction of sp³-hybridized carbons (Fsp3) is 0.500. The Labute approximate surface area is 171 Å². The van der Waals surface area contributed by atoms with Crippen molar-refractivity contribution in [1.29, 1.82) is 0 Å². The number of ether oxygens (including phenoxy) is 2. The standard InChI is InChI=1S/C18H22FN7O4/c1-29-17(27)20-9-14-10-25(18(28)30-14)13-2-3-16(15(19)8-13)24-6-4-12(5-7-24)26-11-21-22-23-26/h2-3,8,11-12,14H,4-7,9-10H2,1H3,(H,20,27). The lowest BCUT2D eigenvalue weighted by Gasteiger charge is -2.33. The summed E-state index contributed by atoms with van der Waals surface area (Å²) in [7, 11) is 1.25. The zero-order valence-electron chi connectivity index (χ0n) is 16.4. The van der Waals surface area contributed by atoms with E-state index in [-0.39, 0.29) is 19.1 Å². The molecular formula is C18H22FN7O4. The van der Waals surface area contributed by atoms with Crippen molar-refractivity contribution in [1.82, 2.24) is 25.5 Å². The Morgan fingerprint density at radius 2 is 2.17 bits per heavy atom. The second kappa shape index (κ2) is 8.51. The van der Waals surface area contributed by atoms with Gasteiger partial charge in [0.05, 0.1) is 37.6 Å². The number of methoxy groups -OCH3 is 1. The molecule has 160 valence electrons. The van der Waals surface area contributed by atoms with Gasteiger partial charge in [-0.2, -0.15) is 0 Å². The summed E-state index contributed by atoms with van der Waals surface area (Å²) in [6.45, 7) is 1.67. The number of cyclic esters (lactones) is 1. The molecule has 2 aliphatic heterocycles. The number of anilines is 2. The summed E-state index contributed by atoms with van der Waals surface area (Å²) in [5, 5.41) is 13.7. The number of carbonyl (C=O) groups excluding carboxylic acids is 2. The second-order valence-electron chi connectivity index (χ2n) is 7.13. The summed E-state index contributed by atoms with van der Waals surface area (Å²) in [6, 6.07) is 4.91. The van der Waals surface area contributed by atoms with Crippen LogP contribution in [0.25, 0.3) is 0 Å². The molecule has 2 fully saturated rings. The van der Waals surface area contributed by atoms with E-state index in [1.54, 1.807) is 23.1 Å². The third-order valence-corrected chi connectivity index (χ3v) is 5.32. The molecule has 1 aromatic carbocycles. The highest BCUT2D eigenvalue weighted by Gasteiger charge is 2.33. The van der Waals surface area contributed by atoms with Crippen molar-refractivity contribution in [3.05, 3.63) is 30.3 Å². The molecule has 4 rings (SSSR count). The fourth-order valence-electron chi connectivity index (χ4n) is 3.74. The van der Waals surface area contributed by atoms with Crippen LogP contribution in [-0.4, -0.2) is 71.8 Å². The lowest BCUT2D eigenvalue weighted by Crippen LogP contribution is -2.35. The van der Waals surface area contributed by atoms with Crippen LogP contribution >= 0.6 is 0 Å². The number of amides is 2. The lowest BCUT2D eigenvalue weighted by molar-refractivity contribution is 0.132. The first kappa shape index (κ1) is 19.9. The van der Waals surface area contributed by atoms with E-state index in [2.05, 4.69) is 25.6 Å². The van der Waals surface area contributed by atoms with Gasteiger partial charge in [-0.1, -0.05) is 0 Å².